The molecule has 0 saturated carbocycles. The SMILES string of the molecule is O=C(NN=CC=C([O-])c1ccccc1)c1ccccc1. The lowest BCUT2D eigenvalue weighted by Gasteiger charge is -2.09. The van der Waals surface area contributed by atoms with Gasteiger partial charge in [-0.3, -0.25) is 4.79 Å². The van der Waals surface area contributed by atoms with Crippen LogP contribution in [0, 0.1) is 0 Å². The third-order valence-corrected chi connectivity index (χ3v) is 2.56. The Morgan fingerprint density at radius 1 is 0.950 bits per heavy atom. The number of benzene rings is 2. The fourth-order valence-electron chi connectivity index (χ4n) is 1.55. The minimum Gasteiger partial charge on any atom is -0.872 e. The van der Waals surface area contributed by atoms with Crippen LogP contribution in [0.25, 0.3) is 5.76 Å². The maximum absolute atomic E-state index is 11.7. The quantitative estimate of drug-likeness (QED) is 0.520. The summed E-state index contributed by atoms with van der Waals surface area (Å²) in [6, 6.07) is 17.6. The lowest BCUT2D eigenvalue weighted by molar-refractivity contribution is -0.243. The third-order valence-electron chi connectivity index (χ3n) is 2.56. The maximum atomic E-state index is 11.7. The van der Waals surface area contributed by atoms with E-state index in [1.165, 1.54) is 12.3 Å². The molecule has 20 heavy (non-hydrogen) atoms. The van der Waals surface area contributed by atoms with Crippen LogP contribution in [0.15, 0.2) is 71.8 Å². The van der Waals surface area contributed by atoms with E-state index in [9.17, 15) is 9.90 Å². The molecule has 0 bridgehead atoms. The van der Waals surface area contributed by atoms with E-state index in [0.717, 1.165) is 0 Å². The van der Waals surface area contributed by atoms with Gasteiger partial charge in [-0.05, 0) is 23.8 Å². The number of carbonyl (C=O) groups is 1. The Morgan fingerprint density at radius 3 is 2.10 bits per heavy atom. The van der Waals surface area contributed by atoms with Crippen LogP contribution in [-0.2, 0) is 0 Å². The third kappa shape index (κ3) is 3.81. The van der Waals surface area contributed by atoms with Crippen LogP contribution in [0.3, 0.4) is 0 Å². The average Bonchev–Trinajstić information content (AvgIpc) is 2.53. The Labute approximate surface area is 117 Å². The second-order valence-electron chi connectivity index (χ2n) is 3.98. The first-order chi connectivity index (χ1) is 9.77. The molecule has 0 fully saturated rings. The Balaban J connectivity index is 1.93. The largest absolute Gasteiger partial charge is 0.872 e. The van der Waals surface area contributed by atoms with E-state index in [2.05, 4.69) is 10.5 Å². The molecule has 0 aliphatic rings. The number of hydrogen-bond acceptors (Lipinski definition) is 3. The minimum atomic E-state index is -0.317. The smallest absolute Gasteiger partial charge is 0.271 e. The van der Waals surface area contributed by atoms with Crippen LogP contribution in [0.4, 0.5) is 0 Å². The van der Waals surface area contributed by atoms with Crippen molar-refractivity contribution < 1.29 is 9.90 Å². The molecule has 0 aliphatic carbocycles. The zero-order chi connectivity index (χ0) is 14.2. The van der Waals surface area contributed by atoms with Gasteiger partial charge in [0.05, 0.1) is 0 Å². The molecule has 1 N–H and O–H groups in total. The Morgan fingerprint density at radius 2 is 1.50 bits per heavy atom. The number of nitrogens with zero attached hydrogens (tertiary/aromatic N) is 1. The molecule has 0 spiro atoms. The van der Waals surface area contributed by atoms with Gasteiger partial charge in [-0.2, -0.15) is 5.10 Å². The predicted octanol–water partition coefficient (Wildman–Crippen LogP) is 1.80. The predicted molar refractivity (Wildman–Crippen MR) is 76.8 cm³/mol. The van der Waals surface area contributed by atoms with Crippen molar-refractivity contribution in [2.45, 2.75) is 0 Å². The number of allylic oxidation sites excluding steroid dienone is 1. The molecular weight excluding hydrogens is 252 g/mol. The summed E-state index contributed by atoms with van der Waals surface area (Å²) in [7, 11) is 0. The topological polar surface area (TPSA) is 64.5 Å². The van der Waals surface area contributed by atoms with Gasteiger partial charge < -0.3 is 5.11 Å². The van der Waals surface area contributed by atoms with Crippen molar-refractivity contribution in [3.05, 3.63) is 77.9 Å². The first kappa shape index (κ1) is 13.5. The van der Waals surface area contributed by atoms with Crippen LogP contribution in [0.1, 0.15) is 15.9 Å². The lowest BCUT2D eigenvalue weighted by atomic mass is 10.2. The summed E-state index contributed by atoms with van der Waals surface area (Å²) in [6.45, 7) is 0. The summed E-state index contributed by atoms with van der Waals surface area (Å²) in [4.78, 5) is 11.6. The summed E-state index contributed by atoms with van der Waals surface area (Å²) < 4.78 is 0. The summed E-state index contributed by atoms with van der Waals surface area (Å²) in [6.07, 6.45) is 2.58. The standard InChI is InChI=1S/C16H14N2O2/c19-15(13-7-3-1-4-8-13)11-12-17-18-16(20)14-9-5-2-6-10-14/h1-12,19H,(H,18,20)/p-1. The van der Waals surface area contributed by atoms with Crippen molar-refractivity contribution >= 4 is 17.9 Å². The number of amides is 1. The van der Waals surface area contributed by atoms with Crippen molar-refractivity contribution in [2.24, 2.45) is 5.10 Å². The minimum absolute atomic E-state index is 0.164. The average molecular weight is 265 g/mol. The van der Waals surface area contributed by atoms with Gasteiger partial charge in [0.2, 0.25) is 0 Å². The molecular formula is C16H13N2O2-. The Kier molecular flexibility index (Phi) is 4.67. The van der Waals surface area contributed by atoms with Crippen molar-refractivity contribution in [2.75, 3.05) is 0 Å². The summed E-state index contributed by atoms with van der Waals surface area (Å²) in [5.74, 6) is -0.481. The van der Waals surface area contributed by atoms with Gasteiger partial charge in [0.15, 0.2) is 0 Å². The highest BCUT2D eigenvalue weighted by Crippen LogP contribution is 2.05. The molecule has 0 heterocycles. The first-order valence-electron chi connectivity index (χ1n) is 6.08. The normalized spacial score (nSPS) is 11.5. The number of rotatable bonds is 4. The fourth-order valence-corrected chi connectivity index (χ4v) is 1.55. The number of hydrazone groups is 1. The Bertz CT molecular complexity index is 619. The summed E-state index contributed by atoms with van der Waals surface area (Å²) in [5, 5.41) is 15.4. The van der Waals surface area contributed by atoms with E-state index in [0.29, 0.717) is 11.1 Å². The van der Waals surface area contributed by atoms with Crippen molar-refractivity contribution in [1.29, 1.82) is 0 Å². The van der Waals surface area contributed by atoms with Gasteiger partial charge in [0.1, 0.15) is 0 Å². The van der Waals surface area contributed by atoms with Gasteiger partial charge in [0.25, 0.3) is 5.91 Å². The molecule has 2 aromatic rings. The molecule has 2 aromatic carbocycles. The van der Waals surface area contributed by atoms with Gasteiger partial charge in [0, 0.05) is 11.8 Å². The second kappa shape index (κ2) is 6.89. The molecule has 2 rings (SSSR count). The highest BCUT2D eigenvalue weighted by atomic mass is 16.3. The van der Waals surface area contributed by atoms with Gasteiger partial charge in [-0.25, -0.2) is 5.43 Å². The molecule has 0 radical (unpaired) electrons. The number of carbonyl (C=O) groups excluding carboxylic acids is 1. The highest BCUT2D eigenvalue weighted by molar-refractivity contribution is 5.94. The van der Waals surface area contributed by atoms with E-state index >= 15 is 0 Å². The van der Waals surface area contributed by atoms with Gasteiger partial charge >= 0.3 is 0 Å². The van der Waals surface area contributed by atoms with Gasteiger partial charge in [-0.1, -0.05) is 48.5 Å². The molecule has 4 heteroatoms. The van der Waals surface area contributed by atoms with Crippen LogP contribution >= 0.6 is 0 Å². The van der Waals surface area contributed by atoms with Gasteiger partial charge in [-0.15, -0.1) is 5.76 Å². The molecule has 0 atom stereocenters. The second-order valence-corrected chi connectivity index (χ2v) is 3.98. The van der Waals surface area contributed by atoms with E-state index < -0.39 is 0 Å². The van der Waals surface area contributed by atoms with Crippen molar-refractivity contribution in [3.8, 4) is 0 Å². The van der Waals surface area contributed by atoms with E-state index in [1.807, 2.05) is 12.1 Å². The molecule has 0 saturated heterocycles. The fraction of sp³-hybridized carbons (Fsp3) is 0. The maximum Gasteiger partial charge on any atom is 0.271 e. The summed E-state index contributed by atoms with van der Waals surface area (Å²) in [5.41, 5.74) is 3.44. The first-order valence-corrected chi connectivity index (χ1v) is 6.08. The van der Waals surface area contributed by atoms with E-state index in [4.69, 9.17) is 0 Å². The lowest BCUT2D eigenvalue weighted by Crippen LogP contribution is -2.17. The van der Waals surface area contributed by atoms with Crippen LogP contribution in [0.2, 0.25) is 0 Å². The molecule has 4 nitrogen and oxygen atoms in total. The monoisotopic (exact) mass is 265 g/mol. The number of nitrogens with one attached hydrogen (secondary N) is 1. The Hall–Kier alpha value is -2.88. The summed E-state index contributed by atoms with van der Waals surface area (Å²) >= 11 is 0. The molecule has 100 valence electrons. The zero-order valence-corrected chi connectivity index (χ0v) is 10.7. The van der Waals surface area contributed by atoms with Crippen molar-refractivity contribution in [1.82, 2.24) is 5.43 Å². The van der Waals surface area contributed by atoms with Crippen LogP contribution in [-0.4, -0.2) is 12.1 Å². The van der Waals surface area contributed by atoms with Crippen molar-refractivity contribution in [3.63, 3.8) is 0 Å². The molecule has 0 unspecified atom stereocenters. The van der Waals surface area contributed by atoms with E-state index in [1.54, 1.807) is 48.5 Å². The molecule has 0 aromatic heterocycles. The highest BCUT2D eigenvalue weighted by Gasteiger charge is 2.00. The molecule has 1 amide bonds. The van der Waals surface area contributed by atoms with Crippen LogP contribution in [0.5, 0.6) is 0 Å². The van der Waals surface area contributed by atoms with E-state index in [-0.39, 0.29) is 11.7 Å². The zero-order valence-electron chi connectivity index (χ0n) is 10.7. The van der Waals surface area contributed by atoms with Crippen LogP contribution < -0.4 is 10.5 Å². The molecule has 0 aliphatic heterocycles. The number of hydrogen-bond donors (Lipinski definition) is 1.